The molecule has 3 N–H and O–H groups in total. The molecule has 11 heteroatoms. The quantitative estimate of drug-likeness (QED) is 0.176. The van der Waals surface area contributed by atoms with E-state index in [0.717, 1.165) is 37.8 Å². The number of fused-ring (bicyclic) bond motifs is 1. The van der Waals surface area contributed by atoms with E-state index in [9.17, 15) is 18.0 Å². The number of hydrogen-bond acceptors (Lipinski definition) is 5. The van der Waals surface area contributed by atoms with E-state index < -0.39 is 17.8 Å². The summed E-state index contributed by atoms with van der Waals surface area (Å²) in [6.45, 7) is 6.11. The molecule has 0 fully saturated rings. The van der Waals surface area contributed by atoms with Crippen molar-refractivity contribution in [1.29, 1.82) is 0 Å². The molecule has 2 aromatic heterocycles. The molecule has 38 heavy (non-hydrogen) atoms. The normalized spacial score (nSPS) is 13.2. The van der Waals surface area contributed by atoms with Crippen molar-refractivity contribution in [3.05, 3.63) is 47.8 Å². The number of halogens is 3. The minimum Gasteiger partial charge on any atom is -0.371 e. The number of anilines is 3. The molecule has 1 aromatic carbocycles. The predicted molar refractivity (Wildman–Crippen MR) is 149 cm³/mol. The molecule has 0 saturated heterocycles. The van der Waals surface area contributed by atoms with Crippen LogP contribution in [0.3, 0.4) is 0 Å². The lowest BCUT2D eigenvalue weighted by atomic mass is 9.70. The van der Waals surface area contributed by atoms with Crippen LogP contribution in [0.4, 0.5) is 35.2 Å². The molecule has 0 aliphatic carbocycles. The molecule has 0 bridgehead atoms. The van der Waals surface area contributed by atoms with E-state index in [0.29, 0.717) is 28.4 Å². The SMILES string of the molecule is BC(CCC)(CCCCCCC)Nc1cnc2cc(NC(=O)Nc3cccc(C(F)(F)F)c3)c(C)nc2n1. The van der Waals surface area contributed by atoms with Gasteiger partial charge < -0.3 is 16.0 Å². The van der Waals surface area contributed by atoms with Crippen LogP contribution in [0.1, 0.15) is 76.5 Å². The average molecular weight is 528 g/mol. The summed E-state index contributed by atoms with van der Waals surface area (Å²) in [4.78, 5) is 26.1. The summed E-state index contributed by atoms with van der Waals surface area (Å²) in [5.74, 6) is 0.650. The van der Waals surface area contributed by atoms with Crippen molar-refractivity contribution in [3.63, 3.8) is 0 Å². The van der Waals surface area contributed by atoms with Crippen LogP contribution in [-0.4, -0.2) is 34.3 Å². The summed E-state index contributed by atoms with van der Waals surface area (Å²) < 4.78 is 38.9. The van der Waals surface area contributed by atoms with Crippen LogP contribution in [0.2, 0.25) is 0 Å². The Morgan fingerprint density at radius 3 is 2.45 bits per heavy atom. The topological polar surface area (TPSA) is 91.8 Å². The molecule has 1 unspecified atom stereocenters. The monoisotopic (exact) mass is 528 g/mol. The van der Waals surface area contributed by atoms with Gasteiger partial charge in [-0.2, -0.15) is 13.2 Å². The molecular weight excluding hydrogens is 492 g/mol. The van der Waals surface area contributed by atoms with Crippen molar-refractivity contribution < 1.29 is 18.0 Å². The van der Waals surface area contributed by atoms with Gasteiger partial charge in [0.25, 0.3) is 0 Å². The number of aromatic nitrogens is 3. The Morgan fingerprint density at radius 1 is 0.974 bits per heavy atom. The molecule has 204 valence electrons. The second kappa shape index (κ2) is 12.9. The zero-order valence-corrected chi connectivity index (χ0v) is 22.5. The number of rotatable bonds is 12. The molecule has 0 spiro atoms. The number of carbonyl (C=O) groups excluding carboxylic acids is 1. The van der Waals surface area contributed by atoms with Crippen molar-refractivity contribution >= 4 is 42.2 Å². The summed E-state index contributed by atoms with van der Waals surface area (Å²) >= 11 is 0. The number of hydrogen-bond donors (Lipinski definition) is 3. The summed E-state index contributed by atoms with van der Waals surface area (Å²) in [5, 5.41) is 8.64. The zero-order valence-electron chi connectivity index (χ0n) is 22.5. The Bertz CT molecular complexity index is 1240. The lowest BCUT2D eigenvalue weighted by molar-refractivity contribution is -0.137. The molecule has 0 saturated carbocycles. The fourth-order valence-corrected chi connectivity index (χ4v) is 4.51. The standard InChI is InChI=1S/C27H36BF3N6O/c1-4-6-7-8-9-14-26(28,13-5-2)37-23-17-32-22-16-21(18(3)33-24(22)36-23)35-25(38)34-20-12-10-11-19(15-20)27(29,30)31/h10-12,15-17H,4-9,13-14,28H2,1-3H3,(H,33,36,37)(H2,34,35,38). The van der Waals surface area contributed by atoms with Crippen molar-refractivity contribution in [3.8, 4) is 0 Å². The molecular formula is C27H36BF3N6O. The fraction of sp³-hybridized carbons (Fsp3) is 0.481. The lowest BCUT2D eigenvalue weighted by Crippen LogP contribution is -2.39. The minimum atomic E-state index is -4.50. The van der Waals surface area contributed by atoms with E-state index in [1.165, 1.54) is 37.8 Å². The Hall–Kier alpha value is -3.37. The number of carbonyl (C=O) groups is 1. The van der Waals surface area contributed by atoms with Crippen LogP contribution in [0.5, 0.6) is 0 Å². The van der Waals surface area contributed by atoms with Gasteiger partial charge in [0.2, 0.25) is 0 Å². The van der Waals surface area contributed by atoms with Gasteiger partial charge in [-0.25, -0.2) is 19.7 Å². The van der Waals surface area contributed by atoms with Crippen LogP contribution < -0.4 is 16.0 Å². The van der Waals surface area contributed by atoms with Crippen LogP contribution in [0, 0.1) is 6.92 Å². The van der Waals surface area contributed by atoms with Gasteiger partial charge in [-0.15, -0.1) is 0 Å². The van der Waals surface area contributed by atoms with E-state index in [2.05, 4.69) is 52.6 Å². The highest BCUT2D eigenvalue weighted by Crippen LogP contribution is 2.31. The van der Waals surface area contributed by atoms with Crippen molar-refractivity contribution in [1.82, 2.24) is 15.0 Å². The first-order chi connectivity index (χ1) is 18.0. The van der Waals surface area contributed by atoms with E-state index >= 15 is 0 Å². The van der Waals surface area contributed by atoms with Gasteiger partial charge in [0.1, 0.15) is 19.2 Å². The van der Waals surface area contributed by atoms with Crippen LogP contribution in [-0.2, 0) is 6.18 Å². The minimum absolute atomic E-state index is 0.0275. The largest absolute Gasteiger partial charge is 0.416 e. The molecule has 0 aliphatic rings. The maximum absolute atomic E-state index is 13.0. The van der Waals surface area contributed by atoms with Gasteiger partial charge in [0.15, 0.2) is 5.65 Å². The van der Waals surface area contributed by atoms with E-state index in [1.54, 1.807) is 19.2 Å². The van der Waals surface area contributed by atoms with Gasteiger partial charge in [0.05, 0.1) is 23.1 Å². The number of benzene rings is 1. The maximum atomic E-state index is 13.0. The average Bonchev–Trinajstić information content (AvgIpc) is 2.84. The summed E-state index contributed by atoms with van der Waals surface area (Å²) in [6.07, 6.45) is 6.39. The van der Waals surface area contributed by atoms with Crippen LogP contribution >= 0.6 is 0 Å². The third-order valence-electron chi connectivity index (χ3n) is 6.49. The fourth-order valence-electron chi connectivity index (χ4n) is 4.51. The van der Waals surface area contributed by atoms with Crippen molar-refractivity contribution in [2.24, 2.45) is 0 Å². The maximum Gasteiger partial charge on any atom is 0.416 e. The predicted octanol–water partition coefficient (Wildman–Crippen LogP) is 6.90. The van der Waals surface area contributed by atoms with E-state index in [-0.39, 0.29) is 11.1 Å². The third kappa shape index (κ3) is 8.32. The first-order valence-electron chi connectivity index (χ1n) is 13.2. The second-order valence-electron chi connectivity index (χ2n) is 9.98. The second-order valence-corrected chi connectivity index (χ2v) is 9.98. The van der Waals surface area contributed by atoms with Crippen molar-refractivity contribution in [2.45, 2.75) is 83.8 Å². The van der Waals surface area contributed by atoms with Gasteiger partial charge >= 0.3 is 12.2 Å². The number of alkyl halides is 3. The highest BCUT2D eigenvalue weighted by molar-refractivity contribution is 6.16. The Labute approximate surface area is 222 Å². The number of nitrogens with zero attached hydrogens (tertiary/aromatic N) is 3. The van der Waals surface area contributed by atoms with Crippen molar-refractivity contribution in [2.75, 3.05) is 16.0 Å². The molecule has 2 heterocycles. The summed E-state index contributed by atoms with van der Waals surface area (Å²) in [6, 6.07) is 5.41. The van der Waals surface area contributed by atoms with E-state index in [1.807, 2.05) is 0 Å². The van der Waals surface area contributed by atoms with Gasteiger partial charge in [-0.3, -0.25) is 0 Å². The molecule has 0 radical (unpaired) electrons. The number of unbranched alkanes of at least 4 members (excludes halogenated alkanes) is 4. The molecule has 1 atom stereocenters. The lowest BCUT2D eigenvalue weighted by Gasteiger charge is -2.31. The Morgan fingerprint density at radius 2 is 1.74 bits per heavy atom. The highest BCUT2D eigenvalue weighted by atomic mass is 19.4. The zero-order chi connectivity index (χ0) is 27.8. The first kappa shape index (κ1) is 29.2. The molecule has 3 aromatic rings. The number of urea groups is 1. The molecule has 2 amide bonds. The summed E-state index contributed by atoms with van der Waals surface area (Å²) in [5.41, 5.74) is 0.923. The summed E-state index contributed by atoms with van der Waals surface area (Å²) in [7, 11) is 2.22. The molecule has 7 nitrogen and oxygen atoms in total. The molecule has 0 aliphatic heterocycles. The Kier molecular flexibility index (Phi) is 9.93. The van der Waals surface area contributed by atoms with Crippen LogP contribution in [0.25, 0.3) is 11.2 Å². The van der Waals surface area contributed by atoms with Gasteiger partial charge in [-0.05, 0) is 44.0 Å². The number of nitrogens with one attached hydrogen (secondary N) is 3. The smallest absolute Gasteiger partial charge is 0.371 e. The Balaban J connectivity index is 1.70. The van der Waals surface area contributed by atoms with E-state index in [4.69, 9.17) is 0 Å². The van der Waals surface area contributed by atoms with Gasteiger partial charge in [0, 0.05) is 11.1 Å². The number of amides is 2. The third-order valence-corrected chi connectivity index (χ3v) is 6.49. The van der Waals surface area contributed by atoms with Crippen LogP contribution in [0.15, 0.2) is 36.5 Å². The molecule has 3 rings (SSSR count). The first-order valence-corrected chi connectivity index (χ1v) is 13.2. The number of aryl methyl sites for hydroxylation is 1. The highest BCUT2D eigenvalue weighted by Gasteiger charge is 2.30. The number of pyridine rings is 1. The van der Waals surface area contributed by atoms with Gasteiger partial charge in [-0.1, -0.05) is 58.4 Å².